The molecule has 0 saturated carbocycles. The SMILES string of the molecule is O=C(NCCc1ccccn1)C1CCCN(C(=O)c2cccc3ccccc23)C1. The summed E-state index contributed by atoms with van der Waals surface area (Å²) in [6.45, 7) is 1.72. The number of pyridine rings is 1. The molecule has 1 N–H and O–H groups in total. The van der Waals surface area contributed by atoms with Gasteiger partial charge in [0.05, 0.1) is 5.92 Å². The van der Waals surface area contributed by atoms with Crippen LogP contribution in [0.3, 0.4) is 0 Å². The van der Waals surface area contributed by atoms with Gasteiger partial charge in [0.2, 0.25) is 5.91 Å². The number of carbonyl (C=O) groups is 2. The quantitative estimate of drug-likeness (QED) is 0.729. The highest BCUT2D eigenvalue weighted by Crippen LogP contribution is 2.23. The molecule has 2 heterocycles. The Kier molecular flexibility index (Phi) is 5.84. The summed E-state index contributed by atoms with van der Waals surface area (Å²) in [6, 6.07) is 19.5. The van der Waals surface area contributed by atoms with E-state index in [2.05, 4.69) is 10.3 Å². The van der Waals surface area contributed by atoms with Crippen molar-refractivity contribution in [1.82, 2.24) is 15.2 Å². The van der Waals surface area contributed by atoms with E-state index in [1.807, 2.05) is 65.6 Å². The number of likely N-dealkylation sites (tertiary alicyclic amines) is 1. The third-order valence-corrected chi connectivity index (χ3v) is 5.51. The molecule has 0 spiro atoms. The van der Waals surface area contributed by atoms with Crippen LogP contribution in [0.15, 0.2) is 66.9 Å². The average molecular weight is 387 g/mol. The molecule has 1 fully saturated rings. The Morgan fingerprint density at radius 3 is 2.72 bits per heavy atom. The largest absolute Gasteiger partial charge is 0.355 e. The first kappa shape index (κ1) is 19.1. The molecule has 0 aliphatic carbocycles. The number of nitrogens with one attached hydrogen (secondary N) is 1. The smallest absolute Gasteiger partial charge is 0.254 e. The summed E-state index contributed by atoms with van der Waals surface area (Å²) >= 11 is 0. The van der Waals surface area contributed by atoms with Crippen LogP contribution in [0.4, 0.5) is 0 Å². The maximum atomic E-state index is 13.2. The molecule has 1 aliphatic rings. The number of rotatable bonds is 5. The maximum Gasteiger partial charge on any atom is 0.254 e. The highest BCUT2D eigenvalue weighted by molar-refractivity contribution is 6.07. The number of carbonyl (C=O) groups excluding carboxylic acids is 2. The molecular formula is C24H25N3O2. The number of aromatic nitrogens is 1. The minimum Gasteiger partial charge on any atom is -0.355 e. The van der Waals surface area contributed by atoms with Crippen LogP contribution >= 0.6 is 0 Å². The van der Waals surface area contributed by atoms with Gasteiger partial charge in [0, 0.05) is 43.5 Å². The van der Waals surface area contributed by atoms with Gasteiger partial charge in [-0.3, -0.25) is 14.6 Å². The Labute approximate surface area is 170 Å². The molecule has 1 saturated heterocycles. The van der Waals surface area contributed by atoms with E-state index >= 15 is 0 Å². The van der Waals surface area contributed by atoms with Crippen LogP contribution in [0, 0.1) is 5.92 Å². The van der Waals surface area contributed by atoms with Gasteiger partial charge in [0.15, 0.2) is 0 Å². The van der Waals surface area contributed by atoms with Crippen molar-refractivity contribution in [2.24, 2.45) is 5.92 Å². The van der Waals surface area contributed by atoms with Crippen molar-refractivity contribution in [3.63, 3.8) is 0 Å². The van der Waals surface area contributed by atoms with E-state index in [4.69, 9.17) is 0 Å². The second-order valence-corrected chi connectivity index (χ2v) is 7.48. The fourth-order valence-electron chi connectivity index (χ4n) is 3.96. The molecule has 5 nitrogen and oxygen atoms in total. The van der Waals surface area contributed by atoms with Crippen molar-refractivity contribution in [3.8, 4) is 0 Å². The minimum absolute atomic E-state index is 0.00721. The molecular weight excluding hydrogens is 362 g/mol. The lowest BCUT2D eigenvalue weighted by molar-refractivity contribution is -0.126. The zero-order valence-corrected chi connectivity index (χ0v) is 16.4. The zero-order valence-electron chi connectivity index (χ0n) is 16.4. The lowest BCUT2D eigenvalue weighted by Crippen LogP contribution is -2.45. The number of benzene rings is 2. The summed E-state index contributed by atoms with van der Waals surface area (Å²) in [5, 5.41) is 5.03. The van der Waals surface area contributed by atoms with Crippen molar-refractivity contribution in [3.05, 3.63) is 78.1 Å². The van der Waals surface area contributed by atoms with E-state index in [9.17, 15) is 9.59 Å². The number of hydrogen-bond donors (Lipinski definition) is 1. The van der Waals surface area contributed by atoms with Crippen LogP contribution < -0.4 is 5.32 Å². The second-order valence-electron chi connectivity index (χ2n) is 7.48. The molecule has 1 aromatic heterocycles. The van der Waals surface area contributed by atoms with E-state index in [0.717, 1.165) is 29.3 Å². The first-order valence-corrected chi connectivity index (χ1v) is 10.2. The Hall–Kier alpha value is -3.21. The van der Waals surface area contributed by atoms with Crippen LogP contribution in [-0.2, 0) is 11.2 Å². The lowest BCUT2D eigenvalue weighted by atomic mass is 9.95. The number of piperidine rings is 1. The average Bonchev–Trinajstić information content (AvgIpc) is 2.79. The normalized spacial score (nSPS) is 16.6. The number of hydrogen-bond acceptors (Lipinski definition) is 3. The lowest BCUT2D eigenvalue weighted by Gasteiger charge is -2.32. The van der Waals surface area contributed by atoms with Crippen LogP contribution in [-0.4, -0.2) is 41.3 Å². The molecule has 5 heteroatoms. The Morgan fingerprint density at radius 1 is 1.03 bits per heavy atom. The number of nitrogens with zero attached hydrogens (tertiary/aromatic N) is 2. The second kappa shape index (κ2) is 8.86. The van der Waals surface area contributed by atoms with Gasteiger partial charge >= 0.3 is 0 Å². The van der Waals surface area contributed by atoms with Crippen molar-refractivity contribution < 1.29 is 9.59 Å². The van der Waals surface area contributed by atoms with Gasteiger partial charge in [-0.15, -0.1) is 0 Å². The van der Waals surface area contributed by atoms with Gasteiger partial charge in [0.1, 0.15) is 0 Å². The topological polar surface area (TPSA) is 62.3 Å². The molecule has 1 unspecified atom stereocenters. The number of amides is 2. The molecule has 0 bridgehead atoms. The van der Waals surface area contributed by atoms with Crippen molar-refractivity contribution in [2.45, 2.75) is 19.3 Å². The predicted molar refractivity (Wildman–Crippen MR) is 114 cm³/mol. The van der Waals surface area contributed by atoms with Crippen molar-refractivity contribution in [1.29, 1.82) is 0 Å². The summed E-state index contributed by atoms with van der Waals surface area (Å²) in [7, 11) is 0. The third kappa shape index (κ3) is 4.45. The monoisotopic (exact) mass is 387 g/mol. The van der Waals surface area contributed by atoms with Crippen LogP contribution in [0.2, 0.25) is 0 Å². The molecule has 0 radical (unpaired) electrons. The van der Waals surface area contributed by atoms with E-state index < -0.39 is 0 Å². The molecule has 148 valence electrons. The highest BCUT2D eigenvalue weighted by atomic mass is 16.2. The van der Waals surface area contributed by atoms with Crippen LogP contribution in [0.5, 0.6) is 0 Å². The van der Waals surface area contributed by atoms with Gasteiger partial charge < -0.3 is 10.2 Å². The first-order chi connectivity index (χ1) is 14.2. The fourth-order valence-corrected chi connectivity index (χ4v) is 3.96. The molecule has 3 aromatic rings. The third-order valence-electron chi connectivity index (χ3n) is 5.51. The molecule has 29 heavy (non-hydrogen) atoms. The van der Waals surface area contributed by atoms with Crippen LogP contribution in [0.25, 0.3) is 10.8 Å². The standard InChI is InChI=1S/C24H25N3O2/c28-23(26-15-13-20-10-3-4-14-25-20)19-9-6-16-27(17-19)24(29)22-12-5-8-18-7-1-2-11-21(18)22/h1-5,7-8,10-12,14,19H,6,9,13,15-17H2,(H,26,28). The van der Waals surface area contributed by atoms with E-state index in [1.165, 1.54) is 0 Å². The zero-order chi connectivity index (χ0) is 20.1. The molecule has 2 aromatic carbocycles. The molecule has 4 rings (SSSR count). The summed E-state index contributed by atoms with van der Waals surface area (Å²) in [5.41, 5.74) is 1.67. The minimum atomic E-state index is -0.161. The van der Waals surface area contributed by atoms with Gasteiger partial charge in [-0.05, 0) is 41.8 Å². The number of fused-ring (bicyclic) bond motifs is 1. The fraction of sp³-hybridized carbons (Fsp3) is 0.292. The maximum absolute atomic E-state index is 13.2. The van der Waals surface area contributed by atoms with Crippen LogP contribution in [0.1, 0.15) is 28.9 Å². The van der Waals surface area contributed by atoms with Crippen molar-refractivity contribution >= 4 is 22.6 Å². The molecule has 1 atom stereocenters. The van der Waals surface area contributed by atoms with E-state index in [1.54, 1.807) is 6.20 Å². The van der Waals surface area contributed by atoms with Crippen molar-refractivity contribution in [2.75, 3.05) is 19.6 Å². The van der Waals surface area contributed by atoms with Gasteiger partial charge in [-0.1, -0.05) is 42.5 Å². The highest BCUT2D eigenvalue weighted by Gasteiger charge is 2.29. The van der Waals surface area contributed by atoms with Gasteiger partial charge in [-0.25, -0.2) is 0 Å². The Bertz CT molecular complexity index is 998. The Balaban J connectivity index is 1.38. The summed E-state index contributed by atoms with van der Waals surface area (Å²) in [6.07, 6.45) is 4.12. The first-order valence-electron chi connectivity index (χ1n) is 10.2. The summed E-state index contributed by atoms with van der Waals surface area (Å²) < 4.78 is 0. The summed E-state index contributed by atoms with van der Waals surface area (Å²) in [5.74, 6) is -0.129. The van der Waals surface area contributed by atoms with E-state index in [0.29, 0.717) is 31.6 Å². The van der Waals surface area contributed by atoms with Gasteiger partial charge in [-0.2, -0.15) is 0 Å². The molecule has 1 aliphatic heterocycles. The van der Waals surface area contributed by atoms with E-state index in [-0.39, 0.29) is 17.7 Å². The summed E-state index contributed by atoms with van der Waals surface area (Å²) in [4.78, 5) is 31.9. The van der Waals surface area contributed by atoms with Gasteiger partial charge in [0.25, 0.3) is 5.91 Å². The predicted octanol–water partition coefficient (Wildman–Crippen LogP) is 3.45. The molecule has 2 amide bonds. The Morgan fingerprint density at radius 2 is 1.86 bits per heavy atom.